The molecule has 19 heavy (non-hydrogen) atoms. The zero-order valence-corrected chi connectivity index (χ0v) is 12.2. The van der Waals surface area contributed by atoms with Crippen molar-refractivity contribution in [2.45, 2.75) is 6.42 Å². The molecular weight excluding hydrogens is 328 g/mol. The number of hydrogen-bond acceptors (Lipinski definition) is 5. The van der Waals surface area contributed by atoms with Crippen LogP contribution < -0.4 is 4.74 Å². The average molecular weight is 337 g/mol. The fourth-order valence-corrected chi connectivity index (χ4v) is 2.66. The van der Waals surface area contributed by atoms with E-state index in [1.165, 1.54) is 11.5 Å². The van der Waals surface area contributed by atoms with Gasteiger partial charge in [-0.1, -0.05) is 20.4 Å². The molecule has 1 aliphatic heterocycles. The number of nitrogens with zero attached hydrogens (tertiary/aromatic N) is 2. The lowest BCUT2D eigenvalue weighted by molar-refractivity contribution is 0.103. The molecule has 0 N–H and O–H groups in total. The van der Waals surface area contributed by atoms with Crippen molar-refractivity contribution < 1.29 is 9.53 Å². The highest BCUT2D eigenvalue weighted by Crippen LogP contribution is 2.30. The van der Waals surface area contributed by atoms with Crippen molar-refractivity contribution in [3.05, 3.63) is 44.9 Å². The number of Topliss-reactive ketones (excluding diaryl/α,β-unsaturated/α-hetero) is 1. The largest absolute Gasteiger partial charge is 0.492 e. The van der Waals surface area contributed by atoms with E-state index >= 15 is 0 Å². The number of hydrogen-bond donors (Lipinski definition) is 0. The molecule has 96 valence electrons. The van der Waals surface area contributed by atoms with Gasteiger partial charge in [-0.2, -0.15) is 0 Å². The van der Waals surface area contributed by atoms with Crippen LogP contribution in [0, 0.1) is 0 Å². The predicted octanol–water partition coefficient (Wildman–Crippen LogP) is 3.35. The smallest absolute Gasteiger partial charge is 0.192 e. The summed E-state index contributed by atoms with van der Waals surface area (Å²) in [5, 5.41) is 5.75. The molecule has 0 atom stereocenters. The van der Waals surface area contributed by atoms with Crippen molar-refractivity contribution in [2.75, 3.05) is 6.61 Å². The van der Waals surface area contributed by atoms with Crippen molar-refractivity contribution in [1.82, 2.24) is 9.59 Å². The van der Waals surface area contributed by atoms with E-state index in [1.807, 2.05) is 17.5 Å². The third kappa shape index (κ3) is 2.59. The van der Waals surface area contributed by atoms with Crippen molar-refractivity contribution in [1.29, 1.82) is 0 Å². The molecule has 1 aromatic carbocycles. The number of halogens is 1. The second kappa shape index (κ2) is 5.22. The summed E-state index contributed by atoms with van der Waals surface area (Å²) in [4.78, 5) is 12.5. The fraction of sp³-hybridized carbons (Fsp3) is 0.154. The Hall–Kier alpha value is -1.53. The lowest BCUT2D eigenvalue weighted by atomic mass is 10.0. The highest BCUT2D eigenvalue weighted by molar-refractivity contribution is 9.10. The number of aromatic nitrogens is 2. The number of fused-ring (bicyclic) bond motifs is 1. The molecule has 2 heterocycles. The van der Waals surface area contributed by atoms with E-state index in [4.69, 9.17) is 4.74 Å². The van der Waals surface area contributed by atoms with Gasteiger partial charge in [-0.05, 0) is 35.8 Å². The number of carbonyl (C=O) groups is 1. The average Bonchev–Trinajstić information content (AvgIpc) is 2.85. The number of benzene rings is 1. The summed E-state index contributed by atoms with van der Waals surface area (Å²) < 4.78 is 10.3. The molecule has 0 fully saturated rings. The molecule has 0 unspecified atom stereocenters. The van der Waals surface area contributed by atoms with Gasteiger partial charge in [0.25, 0.3) is 0 Å². The number of rotatable bonds is 1. The molecule has 4 nitrogen and oxygen atoms in total. The highest BCUT2D eigenvalue weighted by Gasteiger charge is 2.21. The summed E-state index contributed by atoms with van der Waals surface area (Å²) in [6.45, 7) is 0.485. The lowest BCUT2D eigenvalue weighted by Crippen LogP contribution is -2.02. The van der Waals surface area contributed by atoms with E-state index in [2.05, 4.69) is 25.5 Å². The molecule has 0 spiro atoms. The van der Waals surface area contributed by atoms with Gasteiger partial charge in [0.1, 0.15) is 5.75 Å². The molecule has 6 heteroatoms. The van der Waals surface area contributed by atoms with Gasteiger partial charge in [0.2, 0.25) is 0 Å². The lowest BCUT2D eigenvalue weighted by Gasteiger charge is -2.05. The first-order valence-electron chi connectivity index (χ1n) is 5.69. The zero-order chi connectivity index (χ0) is 13.2. The molecule has 3 rings (SSSR count). The van der Waals surface area contributed by atoms with E-state index in [9.17, 15) is 4.79 Å². The minimum atomic E-state index is -0.00648. The highest BCUT2D eigenvalue weighted by atomic mass is 79.9. The first-order chi connectivity index (χ1) is 9.24. The maximum absolute atomic E-state index is 12.5. The van der Waals surface area contributed by atoms with Gasteiger partial charge in [-0.25, -0.2) is 0 Å². The van der Waals surface area contributed by atoms with E-state index in [0.717, 1.165) is 4.47 Å². The monoisotopic (exact) mass is 336 g/mol. The predicted molar refractivity (Wildman–Crippen MR) is 76.5 cm³/mol. The standard InChI is InChI=1S/C13H9BrN2O2S/c14-9-1-2-11-12(6-9)18-4-3-8(13(11)17)5-10-7-19-16-15-10/h1-2,5-7H,3-4H2/b8-5+. The Morgan fingerprint density at radius 1 is 1.42 bits per heavy atom. The molecule has 0 saturated heterocycles. The van der Waals surface area contributed by atoms with Crippen molar-refractivity contribution in [3.8, 4) is 5.75 Å². The summed E-state index contributed by atoms with van der Waals surface area (Å²) in [5.74, 6) is 0.618. The quantitative estimate of drug-likeness (QED) is 0.749. The van der Waals surface area contributed by atoms with Gasteiger partial charge in [0, 0.05) is 21.8 Å². The maximum atomic E-state index is 12.5. The molecule has 0 aliphatic carbocycles. The minimum Gasteiger partial charge on any atom is -0.492 e. The molecular formula is C13H9BrN2O2S. The van der Waals surface area contributed by atoms with Gasteiger partial charge >= 0.3 is 0 Å². The van der Waals surface area contributed by atoms with Crippen LogP contribution in [0.15, 0.2) is 33.6 Å². The van der Waals surface area contributed by atoms with Gasteiger partial charge in [-0.15, -0.1) is 5.10 Å². The zero-order valence-electron chi connectivity index (χ0n) is 9.80. The Morgan fingerprint density at radius 3 is 3.11 bits per heavy atom. The molecule has 0 saturated carbocycles. The number of ketones is 1. The Labute approximate surface area is 122 Å². The fourth-order valence-electron chi connectivity index (χ4n) is 1.91. The Morgan fingerprint density at radius 2 is 2.32 bits per heavy atom. The molecule has 1 aromatic heterocycles. The second-order valence-electron chi connectivity index (χ2n) is 4.07. The van der Waals surface area contributed by atoms with Crippen LogP contribution in [0.25, 0.3) is 6.08 Å². The van der Waals surface area contributed by atoms with E-state index in [0.29, 0.717) is 35.6 Å². The van der Waals surface area contributed by atoms with Crippen LogP contribution in [0.4, 0.5) is 0 Å². The summed E-state index contributed by atoms with van der Waals surface area (Å²) >= 11 is 4.64. The third-order valence-electron chi connectivity index (χ3n) is 2.81. The van der Waals surface area contributed by atoms with Crippen LogP contribution in [-0.2, 0) is 0 Å². The first-order valence-corrected chi connectivity index (χ1v) is 7.31. The number of carbonyl (C=O) groups excluding carboxylic acids is 1. The van der Waals surface area contributed by atoms with Crippen molar-refractivity contribution in [3.63, 3.8) is 0 Å². The number of ether oxygens (including phenoxy) is 1. The van der Waals surface area contributed by atoms with E-state index in [1.54, 1.807) is 12.1 Å². The van der Waals surface area contributed by atoms with Crippen LogP contribution in [0.3, 0.4) is 0 Å². The van der Waals surface area contributed by atoms with Gasteiger partial charge < -0.3 is 4.74 Å². The Bertz CT molecular complexity index is 653. The Kier molecular flexibility index (Phi) is 3.44. The topological polar surface area (TPSA) is 52.1 Å². The van der Waals surface area contributed by atoms with E-state index in [-0.39, 0.29) is 5.78 Å². The summed E-state index contributed by atoms with van der Waals surface area (Å²) in [6.07, 6.45) is 2.36. The third-order valence-corrected chi connectivity index (χ3v) is 3.82. The molecule has 0 bridgehead atoms. The van der Waals surface area contributed by atoms with Crippen LogP contribution in [0.1, 0.15) is 22.5 Å². The molecule has 1 aliphatic rings. The van der Waals surface area contributed by atoms with Gasteiger partial charge in [0.15, 0.2) is 5.78 Å². The van der Waals surface area contributed by atoms with Crippen molar-refractivity contribution >= 4 is 39.3 Å². The molecule has 0 amide bonds. The maximum Gasteiger partial charge on any atom is 0.192 e. The van der Waals surface area contributed by atoms with Crippen LogP contribution in [0.2, 0.25) is 0 Å². The second-order valence-corrected chi connectivity index (χ2v) is 5.59. The summed E-state index contributed by atoms with van der Waals surface area (Å²) in [7, 11) is 0. The minimum absolute atomic E-state index is 0.00648. The normalized spacial score (nSPS) is 16.9. The van der Waals surface area contributed by atoms with Crippen molar-refractivity contribution in [2.24, 2.45) is 0 Å². The first kappa shape index (κ1) is 12.5. The van der Waals surface area contributed by atoms with Gasteiger partial charge in [-0.3, -0.25) is 4.79 Å². The van der Waals surface area contributed by atoms with Crippen LogP contribution >= 0.6 is 27.5 Å². The molecule has 2 aromatic rings. The van der Waals surface area contributed by atoms with E-state index < -0.39 is 0 Å². The SMILES string of the molecule is O=C1/C(=C/c2csnn2)CCOc2cc(Br)ccc21. The summed E-state index contributed by atoms with van der Waals surface area (Å²) in [5.41, 5.74) is 2.01. The summed E-state index contributed by atoms with van der Waals surface area (Å²) in [6, 6.07) is 5.44. The van der Waals surface area contributed by atoms with Crippen LogP contribution in [0.5, 0.6) is 5.75 Å². The Balaban J connectivity index is 2.02. The molecule has 0 radical (unpaired) electrons. The van der Waals surface area contributed by atoms with Gasteiger partial charge in [0.05, 0.1) is 17.9 Å². The van der Waals surface area contributed by atoms with Crippen LogP contribution in [-0.4, -0.2) is 22.0 Å².